The first-order valence-electron chi connectivity index (χ1n) is 9.16. The first-order chi connectivity index (χ1) is 13.9. The molecule has 8 nitrogen and oxygen atoms in total. The van der Waals surface area contributed by atoms with Gasteiger partial charge in [0.2, 0.25) is 5.75 Å². The van der Waals surface area contributed by atoms with E-state index in [1.807, 2.05) is 6.92 Å². The van der Waals surface area contributed by atoms with Gasteiger partial charge >= 0.3 is 0 Å². The summed E-state index contributed by atoms with van der Waals surface area (Å²) in [6, 6.07) is 8.33. The molecule has 1 heterocycles. The zero-order valence-corrected chi connectivity index (χ0v) is 17.1. The van der Waals surface area contributed by atoms with Gasteiger partial charge in [-0.25, -0.2) is 0 Å². The van der Waals surface area contributed by atoms with Crippen LogP contribution in [-0.2, 0) is 4.79 Å². The largest absolute Gasteiger partial charge is 0.493 e. The minimum Gasteiger partial charge on any atom is -0.493 e. The van der Waals surface area contributed by atoms with Crippen molar-refractivity contribution in [1.82, 2.24) is 0 Å². The van der Waals surface area contributed by atoms with Crippen LogP contribution in [-0.4, -0.2) is 45.8 Å². The molecule has 0 fully saturated rings. The van der Waals surface area contributed by atoms with E-state index in [1.165, 1.54) is 21.3 Å². The fraction of sp³-hybridized carbons (Fsp3) is 0.333. The van der Waals surface area contributed by atoms with Crippen LogP contribution < -0.4 is 29.2 Å². The summed E-state index contributed by atoms with van der Waals surface area (Å²) < 4.78 is 21.5. The van der Waals surface area contributed by atoms with Crippen LogP contribution in [0, 0.1) is 0 Å². The van der Waals surface area contributed by atoms with Gasteiger partial charge in [0.1, 0.15) is 5.75 Å². The summed E-state index contributed by atoms with van der Waals surface area (Å²) in [7, 11) is 4.47. The predicted molar refractivity (Wildman–Crippen MR) is 109 cm³/mol. The molecule has 154 valence electrons. The Kier molecular flexibility index (Phi) is 5.81. The van der Waals surface area contributed by atoms with Crippen molar-refractivity contribution in [3.63, 3.8) is 0 Å². The molecule has 0 saturated carbocycles. The van der Waals surface area contributed by atoms with Gasteiger partial charge in [-0.1, -0.05) is 0 Å². The summed E-state index contributed by atoms with van der Waals surface area (Å²) in [6.07, 6.45) is -0.540. The molecule has 8 heteroatoms. The number of ether oxygens (including phenoxy) is 4. The highest BCUT2D eigenvalue weighted by atomic mass is 16.5. The molecule has 29 heavy (non-hydrogen) atoms. The number of likely N-dealkylation sites (N-methyl/N-ethyl adjacent to an activating group) is 1. The lowest BCUT2D eigenvalue weighted by Crippen LogP contribution is -2.44. The Labute approximate surface area is 169 Å². The van der Waals surface area contributed by atoms with Crippen LogP contribution in [0.25, 0.3) is 0 Å². The van der Waals surface area contributed by atoms with Crippen molar-refractivity contribution < 1.29 is 28.5 Å². The number of amides is 2. The summed E-state index contributed by atoms with van der Waals surface area (Å²) in [5.41, 5.74) is 1.50. The van der Waals surface area contributed by atoms with Crippen molar-refractivity contribution in [2.24, 2.45) is 0 Å². The van der Waals surface area contributed by atoms with E-state index < -0.39 is 6.10 Å². The second-order valence-electron chi connectivity index (χ2n) is 6.39. The second-order valence-corrected chi connectivity index (χ2v) is 6.39. The maximum absolute atomic E-state index is 12.8. The van der Waals surface area contributed by atoms with Gasteiger partial charge in [0.25, 0.3) is 11.8 Å². The van der Waals surface area contributed by atoms with Crippen molar-refractivity contribution in [2.45, 2.75) is 20.0 Å². The molecule has 0 aliphatic carbocycles. The average molecular weight is 400 g/mol. The normalized spacial score (nSPS) is 15.3. The highest BCUT2D eigenvalue weighted by molar-refractivity contribution is 6.06. The number of benzene rings is 2. The molecular weight excluding hydrogens is 376 g/mol. The molecular formula is C21H24N2O6. The monoisotopic (exact) mass is 400 g/mol. The molecule has 0 aromatic heterocycles. The van der Waals surface area contributed by atoms with E-state index in [0.717, 1.165) is 0 Å². The molecule has 0 spiro atoms. The second kappa shape index (κ2) is 8.30. The molecule has 3 rings (SSSR count). The van der Waals surface area contributed by atoms with E-state index in [1.54, 1.807) is 42.2 Å². The number of rotatable bonds is 6. The van der Waals surface area contributed by atoms with Gasteiger partial charge in [-0.05, 0) is 44.2 Å². The van der Waals surface area contributed by atoms with Crippen molar-refractivity contribution in [2.75, 3.05) is 38.1 Å². The fourth-order valence-electron chi connectivity index (χ4n) is 3.23. The molecule has 2 aromatic carbocycles. The van der Waals surface area contributed by atoms with Crippen LogP contribution in [0.1, 0.15) is 24.2 Å². The Morgan fingerprint density at radius 3 is 2.31 bits per heavy atom. The number of nitrogens with zero attached hydrogens (tertiary/aromatic N) is 1. The first-order valence-corrected chi connectivity index (χ1v) is 9.16. The summed E-state index contributed by atoms with van der Waals surface area (Å²) in [6.45, 7) is 4.11. The molecule has 1 aliphatic rings. The van der Waals surface area contributed by atoms with Crippen molar-refractivity contribution in [3.8, 4) is 23.0 Å². The fourth-order valence-corrected chi connectivity index (χ4v) is 3.23. The van der Waals surface area contributed by atoms with Gasteiger partial charge in [0.05, 0.1) is 27.0 Å². The quantitative estimate of drug-likeness (QED) is 0.802. The van der Waals surface area contributed by atoms with E-state index in [4.69, 9.17) is 18.9 Å². The molecule has 1 N–H and O–H groups in total. The van der Waals surface area contributed by atoms with E-state index in [-0.39, 0.29) is 11.8 Å². The number of nitrogens with one attached hydrogen (secondary N) is 1. The number of methoxy groups -OCH3 is 3. The molecule has 0 radical (unpaired) electrons. The van der Waals surface area contributed by atoms with Gasteiger partial charge in [-0.3, -0.25) is 9.59 Å². The maximum atomic E-state index is 12.8. The molecule has 1 aliphatic heterocycles. The number of fused-ring (bicyclic) bond motifs is 1. The molecule has 1 unspecified atom stereocenters. The van der Waals surface area contributed by atoms with Crippen LogP contribution in [0.5, 0.6) is 23.0 Å². The lowest BCUT2D eigenvalue weighted by Gasteiger charge is -2.32. The van der Waals surface area contributed by atoms with Crippen LogP contribution in [0.2, 0.25) is 0 Å². The Morgan fingerprint density at radius 2 is 1.76 bits per heavy atom. The number of carbonyl (C=O) groups is 2. The summed E-state index contributed by atoms with van der Waals surface area (Å²) in [5, 5.41) is 2.83. The Morgan fingerprint density at radius 1 is 1.10 bits per heavy atom. The zero-order chi connectivity index (χ0) is 21.1. The summed E-state index contributed by atoms with van der Waals surface area (Å²) in [4.78, 5) is 26.8. The Bertz CT molecular complexity index is 918. The minimum atomic E-state index is -0.540. The van der Waals surface area contributed by atoms with Crippen LogP contribution in [0.15, 0.2) is 30.3 Å². The molecule has 2 aromatic rings. The van der Waals surface area contributed by atoms with E-state index >= 15 is 0 Å². The number of hydrogen-bond donors (Lipinski definition) is 1. The number of hydrogen-bond acceptors (Lipinski definition) is 6. The highest BCUT2D eigenvalue weighted by Crippen LogP contribution is 2.39. The third-order valence-corrected chi connectivity index (χ3v) is 4.67. The van der Waals surface area contributed by atoms with Gasteiger partial charge in [-0.2, -0.15) is 0 Å². The molecule has 0 saturated heterocycles. The number of carbonyl (C=O) groups excluding carboxylic acids is 2. The van der Waals surface area contributed by atoms with Crippen molar-refractivity contribution >= 4 is 23.2 Å². The Hall–Kier alpha value is -3.42. The molecule has 1 atom stereocenters. The lowest BCUT2D eigenvalue weighted by atomic mass is 10.1. The van der Waals surface area contributed by atoms with Gasteiger partial charge < -0.3 is 29.2 Å². The van der Waals surface area contributed by atoms with Gasteiger partial charge in [0.15, 0.2) is 17.6 Å². The van der Waals surface area contributed by atoms with Crippen LogP contribution >= 0.6 is 0 Å². The van der Waals surface area contributed by atoms with E-state index in [0.29, 0.717) is 46.5 Å². The first kappa shape index (κ1) is 20.3. The topological polar surface area (TPSA) is 86.3 Å². The third kappa shape index (κ3) is 3.78. The predicted octanol–water partition coefficient (Wildman–Crippen LogP) is 3.10. The zero-order valence-electron chi connectivity index (χ0n) is 17.1. The van der Waals surface area contributed by atoms with Crippen molar-refractivity contribution in [1.29, 1.82) is 0 Å². The lowest BCUT2D eigenvalue weighted by molar-refractivity contribution is -0.125. The average Bonchev–Trinajstić information content (AvgIpc) is 2.73. The molecule has 2 amide bonds. The Balaban J connectivity index is 1.91. The smallest absolute Gasteiger partial charge is 0.267 e. The molecule has 0 bridgehead atoms. The summed E-state index contributed by atoms with van der Waals surface area (Å²) >= 11 is 0. The summed E-state index contributed by atoms with van der Waals surface area (Å²) in [5.74, 6) is 1.30. The van der Waals surface area contributed by atoms with Crippen molar-refractivity contribution in [3.05, 3.63) is 35.9 Å². The van der Waals surface area contributed by atoms with Gasteiger partial charge in [0, 0.05) is 17.8 Å². The van der Waals surface area contributed by atoms with Crippen LogP contribution in [0.3, 0.4) is 0 Å². The number of anilines is 2. The van der Waals surface area contributed by atoms with Crippen LogP contribution in [0.4, 0.5) is 11.4 Å². The highest BCUT2D eigenvalue weighted by Gasteiger charge is 2.30. The van der Waals surface area contributed by atoms with Gasteiger partial charge in [-0.15, -0.1) is 0 Å². The third-order valence-electron chi connectivity index (χ3n) is 4.67. The maximum Gasteiger partial charge on any atom is 0.267 e. The standard InChI is InChI=1S/C21H24N2O6/c1-6-23-15-11-14(7-8-16(15)29-12(2)21(23)25)22-20(24)13-9-17(26-3)19(28-5)18(10-13)27-4/h7-12H,6H2,1-5H3,(H,22,24). The van der Waals surface area contributed by atoms with E-state index in [2.05, 4.69) is 5.32 Å². The SMILES string of the molecule is CCN1C(=O)C(C)Oc2ccc(NC(=O)c3cc(OC)c(OC)c(OC)c3)cc21. The minimum absolute atomic E-state index is 0.117. The van der Waals surface area contributed by atoms with E-state index in [9.17, 15) is 9.59 Å².